The van der Waals surface area contributed by atoms with Gasteiger partial charge in [-0.05, 0) is 31.2 Å². The number of carbonyl (C=O) groups excluding carboxylic acids is 1. The number of nitrogens with two attached hydrogens (primary N) is 1. The van der Waals surface area contributed by atoms with Gasteiger partial charge in [-0.15, -0.1) is 11.3 Å². The van der Waals surface area contributed by atoms with E-state index in [9.17, 15) is 4.79 Å². The van der Waals surface area contributed by atoms with Gasteiger partial charge >= 0.3 is 0 Å². The predicted octanol–water partition coefficient (Wildman–Crippen LogP) is 1.89. The molecular weight excluding hydrogens is 272 g/mol. The van der Waals surface area contributed by atoms with Crippen molar-refractivity contribution in [3.05, 3.63) is 22.4 Å². The van der Waals surface area contributed by atoms with E-state index < -0.39 is 5.41 Å². The zero-order chi connectivity index (χ0) is 14.6. The highest BCUT2D eigenvalue weighted by atomic mass is 32.1. The van der Waals surface area contributed by atoms with Crippen LogP contribution in [0.5, 0.6) is 0 Å². The highest BCUT2D eigenvalue weighted by Gasteiger charge is 2.41. The summed E-state index contributed by atoms with van der Waals surface area (Å²) in [5.74, 6) is 0.173. The van der Waals surface area contributed by atoms with Crippen LogP contribution in [0.25, 0.3) is 0 Å². The lowest BCUT2D eigenvalue weighted by atomic mass is 9.78. The minimum absolute atomic E-state index is 0.173. The van der Waals surface area contributed by atoms with Crippen LogP contribution in [0.4, 0.5) is 0 Å². The lowest BCUT2D eigenvalue weighted by Gasteiger charge is -2.39. The predicted molar refractivity (Wildman–Crippen MR) is 81.8 cm³/mol. The Labute approximate surface area is 124 Å². The maximum atomic E-state index is 12.8. The number of hydrogen-bond donors (Lipinski definition) is 1. The van der Waals surface area contributed by atoms with Crippen LogP contribution in [0.15, 0.2) is 17.5 Å². The molecule has 1 aromatic rings. The van der Waals surface area contributed by atoms with Crippen molar-refractivity contribution >= 4 is 17.2 Å². The summed E-state index contributed by atoms with van der Waals surface area (Å²) >= 11 is 1.74. The molecule has 2 N–H and O–H groups in total. The van der Waals surface area contributed by atoms with Crippen LogP contribution in [-0.4, -0.2) is 43.7 Å². The van der Waals surface area contributed by atoms with Gasteiger partial charge < -0.3 is 15.4 Å². The molecule has 2 rings (SSSR count). The lowest BCUT2D eigenvalue weighted by Crippen LogP contribution is -2.52. The van der Waals surface area contributed by atoms with Crippen molar-refractivity contribution in [3.8, 4) is 0 Å². The van der Waals surface area contributed by atoms with Crippen LogP contribution in [0.3, 0.4) is 0 Å². The number of nitrogens with zero attached hydrogens (tertiary/aromatic N) is 1. The Morgan fingerprint density at radius 3 is 2.80 bits per heavy atom. The molecule has 1 fully saturated rings. The Kier molecular flexibility index (Phi) is 5.18. The molecule has 2 heterocycles. The van der Waals surface area contributed by atoms with Gasteiger partial charge in [-0.3, -0.25) is 4.79 Å². The maximum Gasteiger partial charge on any atom is 0.230 e. The zero-order valence-electron chi connectivity index (χ0n) is 12.3. The summed E-state index contributed by atoms with van der Waals surface area (Å²) in [6, 6.07) is 4.36. The van der Waals surface area contributed by atoms with Crippen LogP contribution < -0.4 is 5.73 Å². The summed E-state index contributed by atoms with van der Waals surface area (Å²) in [6.45, 7) is 3.78. The fraction of sp³-hybridized carbons (Fsp3) is 0.667. The number of amides is 1. The molecule has 1 aliphatic rings. The van der Waals surface area contributed by atoms with E-state index in [1.165, 1.54) is 4.88 Å². The number of carbonyl (C=O) groups is 1. The SMILES string of the molecule is CC(Cc1cccs1)N(C)C(=O)C1(CN)CCOCC1. The van der Waals surface area contributed by atoms with Crippen LogP contribution in [0.2, 0.25) is 0 Å². The minimum Gasteiger partial charge on any atom is -0.381 e. The highest BCUT2D eigenvalue weighted by molar-refractivity contribution is 7.09. The van der Waals surface area contributed by atoms with E-state index in [0.717, 1.165) is 19.3 Å². The second kappa shape index (κ2) is 6.70. The van der Waals surface area contributed by atoms with Crippen molar-refractivity contribution < 1.29 is 9.53 Å². The van der Waals surface area contributed by atoms with Gasteiger partial charge in [0.15, 0.2) is 0 Å². The van der Waals surface area contributed by atoms with Crippen molar-refractivity contribution in [1.82, 2.24) is 4.90 Å². The third kappa shape index (κ3) is 3.22. The number of rotatable bonds is 5. The fourth-order valence-corrected chi connectivity index (χ4v) is 3.53. The van der Waals surface area contributed by atoms with Crippen molar-refractivity contribution in [2.24, 2.45) is 11.1 Å². The molecule has 5 heteroatoms. The summed E-state index contributed by atoms with van der Waals surface area (Å²) in [7, 11) is 1.90. The van der Waals surface area contributed by atoms with Crippen LogP contribution in [0, 0.1) is 5.41 Å². The summed E-state index contributed by atoms with van der Waals surface area (Å²) < 4.78 is 5.38. The molecule has 1 amide bonds. The van der Waals surface area contributed by atoms with Crippen LogP contribution >= 0.6 is 11.3 Å². The lowest BCUT2D eigenvalue weighted by molar-refractivity contribution is -0.147. The van der Waals surface area contributed by atoms with Gasteiger partial charge in [0, 0.05) is 44.1 Å². The van der Waals surface area contributed by atoms with Gasteiger partial charge in [0.2, 0.25) is 5.91 Å². The molecule has 1 saturated heterocycles. The molecule has 0 spiro atoms. The second-order valence-corrected chi connectivity index (χ2v) is 6.68. The van der Waals surface area contributed by atoms with E-state index >= 15 is 0 Å². The Morgan fingerprint density at radius 1 is 1.55 bits per heavy atom. The monoisotopic (exact) mass is 296 g/mol. The first-order valence-corrected chi connectivity index (χ1v) is 8.04. The Morgan fingerprint density at radius 2 is 2.25 bits per heavy atom. The maximum absolute atomic E-state index is 12.8. The third-order valence-electron chi connectivity index (χ3n) is 4.35. The quantitative estimate of drug-likeness (QED) is 0.903. The Bertz CT molecular complexity index is 427. The average Bonchev–Trinajstić information content (AvgIpc) is 2.99. The van der Waals surface area contributed by atoms with Gasteiger partial charge in [-0.1, -0.05) is 6.07 Å². The van der Waals surface area contributed by atoms with Crippen LogP contribution in [-0.2, 0) is 16.0 Å². The molecule has 20 heavy (non-hydrogen) atoms. The van der Waals surface area contributed by atoms with Crippen molar-refractivity contribution in [3.63, 3.8) is 0 Å². The summed E-state index contributed by atoms with van der Waals surface area (Å²) in [5, 5.41) is 2.07. The standard InChI is InChI=1S/C15H24N2O2S/c1-12(10-13-4-3-9-20-13)17(2)14(18)15(11-16)5-7-19-8-6-15/h3-4,9,12H,5-8,10-11,16H2,1-2H3. The van der Waals surface area contributed by atoms with Gasteiger partial charge in [-0.2, -0.15) is 0 Å². The molecule has 0 aromatic carbocycles. The molecule has 1 atom stereocenters. The molecule has 1 aromatic heterocycles. The molecule has 0 bridgehead atoms. The van der Waals surface area contributed by atoms with E-state index in [4.69, 9.17) is 10.5 Å². The van der Waals surface area contributed by atoms with E-state index in [2.05, 4.69) is 18.4 Å². The number of ether oxygens (including phenoxy) is 1. The number of likely N-dealkylation sites (N-methyl/N-ethyl adjacent to an activating group) is 1. The molecular formula is C15H24N2O2S. The Hall–Kier alpha value is -0.910. The first kappa shape index (κ1) is 15.5. The molecule has 1 unspecified atom stereocenters. The van der Waals surface area contributed by atoms with Crippen LogP contribution in [0.1, 0.15) is 24.6 Å². The molecule has 0 radical (unpaired) electrons. The summed E-state index contributed by atoms with van der Waals surface area (Å²) in [6.07, 6.45) is 2.37. The molecule has 0 aliphatic carbocycles. The first-order chi connectivity index (χ1) is 9.59. The normalized spacial score (nSPS) is 19.6. The highest BCUT2D eigenvalue weighted by Crippen LogP contribution is 2.32. The van der Waals surface area contributed by atoms with E-state index in [0.29, 0.717) is 19.8 Å². The molecule has 0 saturated carbocycles. The largest absolute Gasteiger partial charge is 0.381 e. The molecule has 1 aliphatic heterocycles. The Balaban J connectivity index is 2.02. The minimum atomic E-state index is -0.420. The van der Waals surface area contributed by atoms with Gasteiger partial charge in [0.25, 0.3) is 0 Å². The molecule has 112 valence electrons. The average molecular weight is 296 g/mol. The molecule has 4 nitrogen and oxygen atoms in total. The first-order valence-electron chi connectivity index (χ1n) is 7.16. The fourth-order valence-electron chi connectivity index (χ4n) is 2.70. The summed E-state index contributed by atoms with van der Waals surface area (Å²) in [5.41, 5.74) is 5.49. The van der Waals surface area contributed by atoms with Gasteiger partial charge in [0.05, 0.1) is 5.41 Å². The van der Waals surface area contributed by atoms with Crippen molar-refractivity contribution in [2.75, 3.05) is 26.8 Å². The zero-order valence-corrected chi connectivity index (χ0v) is 13.1. The van der Waals surface area contributed by atoms with E-state index in [-0.39, 0.29) is 11.9 Å². The van der Waals surface area contributed by atoms with Crippen molar-refractivity contribution in [2.45, 2.75) is 32.2 Å². The smallest absolute Gasteiger partial charge is 0.230 e. The van der Waals surface area contributed by atoms with E-state index in [1.807, 2.05) is 18.0 Å². The number of hydrogen-bond acceptors (Lipinski definition) is 4. The summed E-state index contributed by atoms with van der Waals surface area (Å²) in [4.78, 5) is 16.0. The third-order valence-corrected chi connectivity index (χ3v) is 5.25. The number of thiophene rings is 1. The van der Waals surface area contributed by atoms with Gasteiger partial charge in [0.1, 0.15) is 0 Å². The topological polar surface area (TPSA) is 55.6 Å². The van der Waals surface area contributed by atoms with Crippen molar-refractivity contribution in [1.29, 1.82) is 0 Å². The second-order valence-electron chi connectivity index (χ2n) is 5.65. The van der Waals surface area contributed by atoms with Gasteiger partial charge in [-0.25, -0.2) is 0 Å². The van der Waals surface area contributed by atoms with E-state index in [1.54, 1.807) is 11.3 Å².